The Bertz CT molecular complexity index is 1590. The first-order chi connectivity index (χ1) is 19.3. The summed E-state index contributed by atoms with van der Waals surface area (Å²) >= 11 is 3.45. The second-order valence-electron chi connectivity index (χ2n) is 9.99. The lowest BCUT2D eigenvalue weighted by molar-refractivity contribution is 0.0971. The third kappa shape index (κ3) is 5.32. The van der Waals surface area contributed by atoms with Crippen LogP contribution in [0.2, 0.25) is 0 Å². The Balaban J connectivity index is 1.67. The first-order valence-electron chi connectivity index (χ1n) is 13.5. The Morgan fingerprint density at radius 1 is 0.900 bits per heavy atom. The number of fused-ring (bicyclic) bond motifs is 2. The van der Waals surface area contributed by atoms with E-state index in [9.17, 15) is 9.59 Å². The first-order valence-corrected chi connectivity index (χ1v) is 14.3. The van der Waals surface area contributed by atoms with Crippen molar-refractivity contribution >= 4 is 38.5 Å². The molecule has 4 aromatic rings. The van der Waals surface area contributed by atoms with Crippen LogP contribution in [-0.2, 0) is 0 Å². The monoisotopic (exact) mass is 605 g/mol. The van der Waals surface area contributed by atoms with E-state index in [4.69, 9.17) is 18.6 Å². The Morgan fingerprint density at radius 2 is 1.65 bits per heavy atom. The maximum Gasteiger partial charge on any atom is 0.295 e. The van der Waals surface area contributed by atoms with Crippen molar-refractivity contribution in [1.29, 1.82) is 0 Å². The number of amides is 1. The summed E-state index contributed by atoms with van der Waals surface area (Å²) in [6, 6.07) is 17.3. The van der Waals surface area contributed by atoms with Gasteiger partial charge in [-0.25, -0.2) is 0 Å². The maximum absolute atomic E-state index is 14.0. The van der Waals surface area contributed by atoms with Crippen molar-refractivity contribution in [2.75, 3.05) is 24.7 Å². The second-order valence-corrected chi connectivity index (χ2v) is 10.9. The van der Waals surface area contributed by atoms with Crippen molar-refractivity contribution in [3.8, 4) is 17.2 Å². The molecule has 8 heteroatoms. The molecule has 1 unspecified atom stereocenters. The van der Waals surface area contributed by atoms with E-state index in [0.717, 1.165) is 10.9 Å². The van der Waals surface area contributed by atoms with Crippen molar-refractivity contribution in [2.45, 2.75) is 40.2 Å². The maximum atomic E-state index is 14.0. The van der Waals surface area contributed by atoms with E-state index in [1.807, 2.05) is 56.3 Å². The van der Waals surface area contributed by atoms with Crippen LogP contribution in [0.1, 0.15) is 61.8 Å². The van der Waals surface area contributed by atoms with E-state index in [2.05, 4.69) is 29.8 Å². The highest BCUT2D eigenvalue weighted by molar-refractivity contribution is 9.10. The summed E-state index contributed by atoms with van der Waals surface area (Å²) in [5, 5.41) is 0.401. The van der Waals surface area contributed by atoms with Crippen LogP contribution in [0.3, 0.4) is 0 Å². The normalized spacial score (nSPS) is 14.6. The van der Waals surface area contributed by atoms with Gasteiger partial charge >= 0.3 is 0 Å². The molecule has 7 nitrogen and oxygen atoms in total. The van der Waals surface area contributed by atoms with Gasteiger partial charge in [-0.1, -0.05) is 35.8 Å². The molecule has 40 heavy (non-hydrogen) atoms. The summed E-state index contributed by atoms with van der Waals surface area (Å²) in [6.07, 6.45) is 0.910. The molecule has 5 rings (SSSR count). The minimum atomic E-state index is -0.732. The average Bonchev–Trinajstić information content (AvgIpc) is 3.23. The van der Waals surface area contributed by atoms with E-state index >= 15 is 0 Å². The lowest BCUT2D eigenvalue weighted by Gasteiger charge is -2.26. The fraction of sp³-hybridized carbons (Fsp3) is 0.312. The number of rotatable bonds is 10. The molecule has 1 aromatic heterocycles. The zero-order chi connectivity index (χ0) is 28.4. The van der Waals surface area contributed by atoms with Gasteiger partial charge in [0.2, 0.25) is 5.76 Å². The Hall–Kier alpha value is -3.78. The van der Waals surface area contributed by atoms with Gasteiger partial charge in [-0.3, -0.25) is 14.5 Å². The average molecular weight is 607 g/mol. The predicted octanol–water partition coefficient (Wildman–Crippen LogP) is 7.53. The lowest BCUT2D eigenvalue weighted by atomic mass is 9.97. The SMILES string of the molecule is CCOc1ccc(N2C(=O)c3oc4ccc(Br)cc4c(=O)c3C2c2ccc(OCCC(C)C)c(OCC)c2)cc1. The van der Waals surface area contributed by atoms with Crippen LogP contribution in [0.4, 0.5) is 5.69 Å². The van der Waals surface area contributed by atoms with Crippen LogP contribution in [0, 0.1) is 5.92 Å². The van der Waals surface area contributed by atoms with E-state index in [1.165, 1.54) is 0 Å². The molecule has 0 saturated carbocycles. The number of carbonyl (C=O) groups is 1. The number of carbonyl (C=O) groups excluding carboxylic acids is 1. The molecule has 0 N–H and O–H groups in total. The quantitative estimate of drug-likeness (QED) is 0.186. The smallest absolute Gasteiger partial charge is 0.295 e. The van der Waals surface area contributed by atoms with Crippen LogP contribution in [0.15, 0.2) is 74.3 Å². The Morgan fingerprint density at radius 3 is 2.35 bits per heavy atom. The summed E-state index contributed by atoms with van der Waals surface area (Å²) in [4.78, 5) is 29.5. The van der Waals surface area contributed by atoms with Crippen LogP contribution in [0.5, 0.6) is 17.2 Å². The molecule has 0 aliphatic carbocycles. The van der Waals surface area contributed by atoms with E-state index in [-0.39, 0.29) is 17.1 Å². The van der Waals surface area contributed by atoms with Crippen molar-refractivity contribution in [1.82, 2.24) is 0 Å². The van der Waals surface area contributed by atoms with Crippen molar-refractivity contribution in [2.24, 2.45) is 5.92 Å². The Kier molecular flexibility index (Phi) is 8.17. The molecule has 0 bridgehead atoms. The topological polar surface area (TPSA) is 78.2 Å². The highest BCUT2D eigenvalue weighted by atomic mass is 79.9. The predicted molar refractivity (Wildman–Crippen MR) is 159 cm³/mol. The standard InChI is InChI=1S/C32H32BrNO6/c1-5-37-23-11-9-22(10-12-23)34-29(20-7-13-26(27(17-20)38-6-2)39-16-15-19(3)4)28-30(35)24-18-21(33)8-14-25(24)40-31(28)32(34)36/h7-14,17-19,29H,5-6,15-16H2,1-4H3. The molecule has 0 saturated heterocycles. The fourth-order valence-corrected chi connectivity index (χ4v) is 5.24. The summed E-state index contributed by atoms with van der Waals surface area (Å²) < 4.78 is 24.5. The van der Waals surface area contributed by atoms with Gasteiger partial charge in [0.15, 0.2) is 16.9 Å². The zero-order valence-corrected chi connectivity index (χ0v) is 24.6. The molecule has 1 atom stereocenters. The van der Waals surface area contributed by atoms with Gasteiger partial charge < -0.3 is 18.6 Å². The number of anilines is 1. The molecule has 0 spiro atoms. The first kappa shape index (κ1) is 27.8. The number of halogens is 1. The molecule has 0 radical (unpaired) electrons. The minimum Gasteiger partial charge on any atom is -0.494 e. The van der Waals surface area contributed by atoms with Gasteiger partial charge in [0.25, 0.3) is 5.91 Å². The van der Waals surface area contributed by atoms with E-state index in [1.54, 1.807) is 23.1 Å². The van der Waals surface area contributed by atoms with Gasteiger partial charge in [-0.15, -0.1) is 0 Å². The third-order valence-electron chi connectivity index (χ3n) is 6.79. The number of hydrogen-bond donors (Lipinski definition) is 0. The summed E-state index contributed by atoms with van der Waals surface area (Å²) in [7, 11) is 0. The van der Waals surface area contributed by atoms with Crippen molar-refractivity contribution in [3.63, 3.8) is 0 Å². The van der Waals surface area contributed by atoms with E-state index < -0.39 is 6.04 Å². The third-order valence-corrected chi connectivity index (χ3v) is 7.29. The molecular formula is C32H32BrNO6. The molecule has 2 heterocycles. The van der Waals surface area contributed by atoms with Crippen LogP contribution in [0.25, 0.3) is 11.0 Å². The Labute approximate surface area is 241 Å². The van der Waals surface area contributed by atoms with Gasteiger partial charge in [-0.05, 0) is 86.3 Å². The molecule has 0 fully saturated rings. The van der Waals surface area contributed by atoms with Gasteiger partial charge in [0.1, 0.15) is 11.3 Å². The minimum absolute atomic E-state index is 0.0360. The highest BCUT2D eigenvalue weighted by Gasteiger charge is 2.44. The van der Waals surface area contributed by atoms with Crippen LogP contribution in [-0.4, -0.2) is 25.7 Å². The zero-order valence-electron chi connectivity index (χ0n) is 23.0. The lowest BCUT2D eigenvalue weighted by Crippen LogP contribution is -2.29. The second kappa shape index (κ2) is 11.8. The molecule has 3 aromatic carbocycles. The molecule has 1 aliphatic rings. The molecule has 1 aliphatic heterocycles. The fourth-order valence-electron chi connectivity index (χ4n) is 4.88. The van der Waals surface area contributed by atoms with Crippen LogP contribution >= 0.6 is 15.9 Å². The van der Waals surface area contributed by atoms with Crippen molar-refractivity contribution in [3.05, 3.63) is 92.2 Å². The number of hydrogen-bond acceptors (Lipinski definition) is 6. The summed E-state index contributed by atoms with van der Waals surface area (Å²) in [6.45, 7) is 9.64. The molecule has 1 amide bonds. The van der Waals surface area contributed by atoms with Crippen LogP contribution < -0.4 is 24.5 Å². The number of ether oxygens (including phenoxy) is 3. The van der Waals surface area contributed by atoms with Gasteiger partial charge in [-0.2, -0.15) is 0 Å². The number of benzene rings is 3. The molecule has 208 valence electrons. The summed E-state index contributed by atoms with van der Waals surface area (Å²) in [5.41, 5.74) is 1.73. The van der Waals surface area contributed by atoms with Gasteiger partial charge in [0, 0.05) is 10.2 Å². The van der Waals surface area contributed by atoms with E-state index in [0.29, 0.717) is 70.8 Å². The summed E-state index contributed by atoms with van der Waals surface area (Å²) in [5.74, 6) is 2.03. The number of nitrogens with zero attached hydrogens (tertiary/aromatic N) is 1. The van der Waals surface area contributed by atoms with Crippen molar-refractivity contribution < 1.29 is 23.4 Å². The largest absolute Gasteiger partial charge is 0.494 e. The molecular weight excluding hydrogens is 574 g/mol. The highest BCUT2D eigenvalue weighted by Crippen LogP contribution is 2.43. The van der Waals surface area contributed by atoms with Gasteiger partial charge in [0.05, 0.1) is 36.8 Å².